The predicted octanol–water partition coefficient (Wildman–Crippen LogP) is 1.93. The van der Waals surface area contributed by atoms with Gasteiger partial charge < -0.3 is 9.84 Å². The van der Waals surface area contributed by atoms with Gasteiger partial charge in [-0.05, 0) is 26.7 Å². The van der Waals surface area contributed by atoms with Crippen molar-refractivity contribution < 1.29 is 9.84 Å². The highest BCUT2D eigenvalue weighted by Crippen LogP contribution is 2.31. The first kappa shape index (κ1) is 15.4. The van der Waals surface area contributed by atoms with Crippen molar-refractivity contribution in [2.45, 2.75) is 65.0 Å². The van der Waals surface area contributed by atoms with Gasteiger partial charge in [0.15, 0.2) is 5.82 Å². The van der Waals surface area contributed by atoms with Gasteiger partial charge in [0.2, 0.25) is 0 Å². The molecule has 5 heteroatoms. The number of nitrogens with zero attached hydrogens (tertiary/aromatic N) is 3. The van der Waals surface area contributed by atoms with Gasteiger partial charge in [-0.1, -0.05) is 20.3 Å². The van der Waals surface area contributed by atoms with Crippen LogP contribution >= 0.6 is 0 Å². The van der Waals surface area contributed by atoms with E-state index in [0.29, 0.717) is 25.7 Å². The second kappa shape index (κ2) is 5.45. The number of ether oxygens (including phenoxy) is 1. The summed E-state index contributed by atoms with van der Waals surface area (Å²) in [6.45, 7) is 12.0. The second-order valence-electron chi connectivity index (χ2n) is 7.09. The van der Waals surface area contributed by atoms with Gasteiger partial charge in [0.1, 0.15) is 5.82 Å². The Bertz CT molecular complexity index is 458. The van der Waals surface area contributed by atoms with Gasteiger partial charge in [0.25, 0.3) is 0 Å². The maximum Gasteiger partial charge on any atom is 0.151 e. The third kappa shape index (κ3) is 3.38. The molecule has 2 rings (SSSR count). The normalized spacial score (nSPS) is 19.7. The Morgan fingerprint density at radius 1 is 1.45 bits per heavy atom. The van der Waals surface area contributed by atoms with Crippen molar-refractivity contribution >= 4 is 0 Å². The Hall–Kier alpha value is -0.940. The smallest absolute Gasteiger partial charge is 0.151 e. The maximum atomic E-state index is 10.1. The highest BCUT2D eigenvalue weighted by Gasteiger charge is 2.41. The summed E-state index contributed by atoms with van der Waals surface area (Å²) in [5.74, 6) is 2.40. The van der Waals surface area contributed by atoms with E-state index in [-0.39, 0.29) is 5.41 Å². The molecule has 1 atom stereocenters. The Morgan fingerprint density at radius 3 is 2.55 bits per heavy atom. The molecule has 1 unspecified atom stereocenters. The van der Waals surface area contributed by atoms with Gasteiger partial charge in [-0.15, -0.1) is 0 Å². The SMILES string of the molecule is CCC(C)Cc1nc(C2(C)COC2)n(CC(C)(C)O)n1. The predicted molar refractivity (Wildman–Crippen MR) is 77.6 cm³/mol. The van der Waals surface area contributed by atoms with Crippen molar-refractivity contribution in [3.63, 3.8) is 0 Å². The lowest BCUT2D eigenvalue weighted by Crippen LogP contribution is -2.47. The molecule has 1 aliphatic heterocycles. The zero-order valence-electron chi connectivity index (χ0n) is 13.3. The van der Waals surface area contributed by atoms with Crippen molar-refractivity contribution in [1.29, 1.82) is 0 Å². The van der Waals surface area contributed by atoms with Crippen LogP contribution in [0.2, 0.25) is 0 Å². The van der Waals surface area contributed by atoms with E-state index >= 15 is 0 Å². The number of aliphatic hydroxyl groups is 1. The summed E-state index contributed by atoms with van der Waals surface area (Å²) in [5.41, 5.74) is -0.858. The topological polar surface area (TPSA) is 60.2 Å². The molecule has 114 valence electrons. The highest BCUT2D eigenvalue weighted by molar-refractivity contribution is 5.13. The summed E-state index contributed by atoms with van der Waals surface area (Å²) in [5, 5.41) is 14.7. The third-order valence-electron chi connectivity index (χ3n) is 3.86. The zero-order chi connectivity index (χ0) is 15.0. The van der Waals surface area contributed by atoms with Crippen molar-refractivity contribution in [2.75, 3.05) is 13.2 Å². The molecule has 2 heterocycles. The average molecular weight is 281 g/mol. The summed E-state index contributed by atoms with van der Waals surface area (Å²) in [6.07, 6.45) is 2.01. The molecule has 0 spiro atoms. The van der Waals surface area contributed by atoms with Gasteiger partial charge in [0, 0.05) is 6.42 Å². The van der Waals surface area contributed by atoms with E-state index in [2.05, 4.69) is 25.9 Å². The molecule has 0 bridgehead atoms. The standard InChI is InChI=1S/C15H27N3O2/c1-6-11(2)7-12-16-13(15(5)9-20-10-15)18(17-12)8-14(3,4)19/h11,19H,6-10H2,1-5H3. The molecule has 20 heavy (non-hydrogen) atoms. The van der Waals surface area contributed by atoms with Gasteiger partial charge in [-0.25, -0.2) is 9.67 Å². The van der Waals surface area contributed by atoms with Gasteiger partial charge in [-0.2, -0.15) is 5.10 Å². The van der Waals surface area contributed by atoms with Crippen LogP contribution in [0.4, 0.5) is 0 Å². The van der Waals surface area contributed by atoms with Crippen LogP contribution < -0.4 is 0 Å². The number of hydrogen-bond donors (Lipinski definition) is 1. The number of hydrogen-bond acceptors (Lipinski definition) is 4. The van der Waals surface area contributed by atoms with Crippen LogP contribution in [0.25, 0.3) is 0 Å². The first-order chi connectivity index (χ1) is 9.23. The fourth-order valence-electron chi connectivity index (χ4n) is 2.39. The fourth-order valence-corrected chi connectivity index (χ4v) is 2.39. The highest BCUT2D eigenvalue weighted by atomic mass is 16.5. The molecule has 1 aromatic rings. The fraction of sp³-hybridized carbons (Fsp3) is 0.867. The molecule has 1 fully saturated rings. The summed E-state index contributed by atoms with van der Waals surface area (Å²) >= 11 is 0. The van der Waals surface area contributed by atoms with E-state index in [9.17, 15) is 5.11 Å². The molecular formula is C15H27N3O2. The van der Waals surface area contributed by atoms with Crippen molar-refractivity contribution in [3.8, 4) is 0 Å². The van der Waals surface area contributed by atoms with Gasteiger partial charge >= 0.3 is 0 Å². The minimum absolute atomic E-state index is 0.0635. The van der Waals surface area contributed by atoms with E-state index < -0.39 is 5.60 Å². The van der Waals surface area contributed by atoms with Crippen molar-refractivity contribution in [3.05, 3.63) is 11.6 Å². The first-order valence-electron chi connectivity index (χ1n) is 7.48. The minimum atomic E-state index is -0.795. The zero-order valence-corrected chi connectivity index (χ0v) is 13.3. The monoisotopic (exact) mass is 281 g/mol. The minimum Gasteiger partial charge on any atom is -0.389 e. The number of aromatic nitrogens is 3. The van der Waals surface area contributed by atoms with Crippen LogP contribution in [0.5, 0.6) is 0 Å². The largest absolute Gasteiger partial charge is 0.389 e. The van der Waals surface area contributed by atoms with Crippen LogP contribution in [-0.2, 0) is 23.1 Å². The maximum absolute atomic E-state index is 10.1. The number of rotatable bonds is 6. The van der Waals surface area contributed by atoms with Gasteiger partial charge in [-0.3, -0.25) is 0 Å². The second-order valence-corrected chi connectivity index (χ2v) is 7.09. The molecule has 5 nitrogen and oxygen atoms in total. The summed E-state index contributed by atoms with van der Waals surface area (Å²) < 4.78 is 7.22. The molecule has 0 amide bonds. The van der Waals surface area contributed by atoms with Crippen LogP contribution in [-0.4, -0.2) is 38.7 Å². The van der Waals surface area contributed by atoms with Crippen molar-refractivity contribution in [1.82, 2.24) is 14.8 Å². The Kier molecular flexibility index (Phi) is 4.21. The molecule has 0 saturated carbocycles. The molecule has 1 saturated heterocycles. The van der Waals surface area contributed by atoms with E-state index in [1.54, 1.807) is 13.8 Å². The van der Waals surface area contributed by atoms with Crippen molar-refractivity contribution in [2.24, 2.45) is 5.92 Å². The van der Waals surface area contributed by atoms with Crippen LogP contribution in [0.1, 0.15) is 52.7 Å². The third-order valence-corrected chi connectivity index (χ3v) is 3.86. The lowest BCUT2D eigenvalue weighted by molar-refractivity contribution is -0.0581. The molecular weight excluding hydrogens is 254 g/mol. The van der Waals surface area contributed by atoms with E-state index in [1.807, 2.05) is 4.68 Å². The van der Waals surface area contributed by atoms with Crippen LogP contribution in [0, 0.1) is 5.92 Å². The molecule has 0 aliphatic carbocycles. The molecule has 1 N–H and O–H groups in total. The Labute approximate surface area is 121 Å². The van der Waals surface area contributed by atoms with Crippen LogP contribution in [0.3, 0.4) is 0 Å². The first-order valence-corrected chi connectivity index (χ1v) is 7.48. The summed E-state index contributed by atoms with van der Waals surface area (Å²) in [4.78, 5) is 4.74. The average Bonchev–Trinajstić information content (AvgIpc) is 2.66. The van der Waals surface area contributed by atoms with Gasteiger partial charge in [0.05, 0.1) is 30.8 Å². The van der Waals surface area contributed by atoms with Crippen LogP contribution in [0.15, 0.2) is 0 Å². The lowest BCUT2D eigenvalue weighted by atomic mass is 9.87. The van der Waals surface area contributed by atoms with E-state index in [4.69, 9.17) is 9.72 Å². The Morgan fingerprint density at radius 2 is 2.10 bits per heavy atom. The summed E-state index contributed by atoms with van der Waals surface area (Å²) in [6, 6.07) is 0. The quantitative estimate of drug-likeness (QED) is 0.865. The molecule has 1 aromatic heterocycles. The lowest BCUT2D eigenvalue weighted by Gasteiger charge is -2.37. The molecule has 0 aromatic carbocycles. The molecule has 0 radical (unpaired) electrons. The van der Waals surface area contributed by atoms with E-state index in [0.717, 1.165) is 24.5 Å². The summed E-state index contributed by atoms with van der Waals surface area (Å²) in [7, 11) is 0. The Balaban J connectivity index is 2.27. The van der Waals surface area contributed by atoms with E-state index in [1.165, 1.54) is 0 Å². The molecule has 1 aliphatic rings.